The summed E-state index contributed by atoms with van der Waals surface area (Å²) in [5, 5.41) is 5.98. The van der Waals surface area contributed by atoms with Crippen LogP contribution in [0.1, 0.15) is 11.1 Å². The first-order valence-corrected chi connectivity index (χ1v) is 6.14. The largest absolute Gasteiger partial charge is 0.467 e. The quantitative estimate of drug-likeness (QED) is 0.347. The molecular formula is C14H17FIN3O2. The minimum atomic E-state index is -0.318. The van der Waals surface area contributed by atoms with E-state index < -0.39 is 0 Å². The highest BCUT2D eigenvalue weighted by atomic mass is 127. The van der Waals surface area contributed by atoms with Gasteiger partial charge >= 0.3 is 0 Å². The molecule has 0 atom stereocenters. The molecule has 1 aliphatic heterocycles. The number of aliphatic imine (C=N–C) groups is 1. The standard InChI is InChI=1S/C14H16FN3O2.HI/c1-3-4-17-14(16-2)18-7-10-5-12(15)6-11-8-19-9-20-13(10)11;/h1,5-6H,4,7-9H2,2H3,(H2,16,17,18);1H. The summed E-state index contributed by atoms with van der Waals surface area (Å²) in [5.41, 5.74) is 1.42. The first-order chi connectivity index (χ1) is 9.74. The number of ether oxygens (including phenoxy) is 2. The third-order valence-electron chi connectivity index (χ3n) is 2.78. The van der Waals surface area contributed by atoms with Crippen molar-refractivity contribution in [2.45, 2.75) is 13.2 Å². The van der Waals surface area contributed by atoms with Gasteiger partial charge in [0.25, 0.3) is 0 Å². The fraction of sp³-hybridized carbons (Fsp3) is 0.357. The van der Waals surface area contributed by atoms with E-state index in [2.05, 4.69) is 21.5 Å². The van der Waals surface area contributed by atoms with Gasteiger partial charge in [-0.05, 0) is 12.1 Å². The van der Waals surface area contributed by atoms with Crippen LogP contribution in [0.25, 0.3) is 0 Å². The minimum Gasteiger partial charge on any atom is -0.467 e. The number of hydrogen-bond acceptors (Lipinski definition) is 3. The molecule has 1 aromatic carbocycles. The molecule has 0 aliphatic carbocycles. The lowest BCUT2D eigenvalue weighted by Gasteiger charge is -2.21. The number of nitrogens with zero attached hydrogens (tertiary/aromatic N) is 1. The average molecular weight is 405 g/mol. The zero-order valence-electron chi connectivity index (χ0n) is 11.6. The smallest absolute Gasteiger partial charge is 0.192 e. The van der Waals surface area contributed by atoms with E-state index in [1.807, 2.05) is 0 Å². The molecule has 0 saturated heterocycles. The van der Waals surface area contributed by atoms with Crippen LogP contribution >= 0.6 is 24.0 Å². The maximum Gasteiger partial charge on any atom is 0.192 e. The number of terminal acetylenes is 1. The third-order valence-corrected chi connectivity index (χ3v) is 2.78. The van der Waals surface area contributed by atoms with Crippen molar-refractivity contribution < 1.29 is 13.9 Å². The van der Waals surface area contributed by atoms with E-state index in [0.717, 1.165) is 0 Å². The summed E-state index contributed by atoms with van der Waals surface area (Å²) in [6, 6.07) is 2.86. The Labute approximate surface area is 140 Å². The number of guanidine groups is 1. The Morgan fingerprint density at radius 2 is 2.29 bits per heavy atom. The topological polar surface area (TPSA) is 54.9 Å². The molecule has 0 amide bonds. The molecule has 0 saturated carbocycles. The molecule has 1 aliphatic rings. The van der Waals surface area contributed by atoms with E-state index in [0.29, 0.717) is 42.5 Å². The van der Waals surface area contributed by atoms with Crippen LogP contribution in [0.5, 0.6) is 5.75 Å². The molecule has 1 heterocycles. The molecule has 0 aromatic heterocycles. The summed E-state index contributed by atoms with van der Waals surface area (Å²) in [4.78, 5) is 4.01. The van der Waals surface area contributed by atoms with E-state index in [1.54, 1.807) is 7.05 Å². The van der Waals surface area contributed by atoms with Crippen molar-refractivity contribution in [1.29, 1.82) is 0 Å². The Kier molecular flexibility index (Phi) is 7.25. The normalized spacial score (nSPS) is 13.3. The highest BCUT2D eigenvalue weighted by Crippen LogP contribution is 2.29. The van der Waals surface area contributed by atoms with Gasteiger partial charge in [0.05, 0.1) is 13.2 Å². The van der Waals surface area contributed by atoms with Gasteiger partial charge in [0.1, 0.15) is 11.6 Å². The number of halogens is 2. The van der Waals surface area contributed by atoms with Crippen molar-refractivity contribution in [3.63, 3.8) is 0 Å². The van der Waals surface area contributed by atoms with Gasteiger partial charge in [-0.1, -0.05) is 5.92 Å². The highest BCUT2D eigenvalue weighted by molar-refractivity contribution is 14.0. The van der Waals surface area contributed by atoms with Gasteiger partial charge in [0.15, 0.2) is 12.8 Å². The second kappa shape index (κ2) is 8.69. The molecule has 0 spiro atoms. The zero-order chi connectivity index (χ0) is 14.4. The molecular weight excluding hydrogens is 388 g/mol. The van der Waals surface area contributed by atoms with E-state index in [-0.39, 0.29) is 36.6 Å². The molecule has 2 rings (SSSR count). The molecule has 7 heteroatoms. The Morgan fingerprint density at radius 1 is 1.48 bits per heavy atom. The minimum absolute atomic E-state index is 0. The molecule has 0 bridgehead atoms. The first kappa shape index (κ1) is 17.5. The van der Waals surface area contributed by atoms with Crippen molar-refractivity contribution in [3.05, 3.63) is 29.1 Å². The van der Waals surface area contributed by atoms with E-state index in [4.69, 9.17) is 15.9 Å². The number of fused-ring (bicyclic) bond motifs is 1. The van der Waals surface area contributed by atoms with Gasteiger partial charge in [-0.2, -0.15) is 0 Å². The molecule has 114 valence electrons. The number of benzene rings is 1. The maximum absolute atomic E-state index is 13.6. The number of nitrogens with one attached hydrogen (secondary N) is 2. The van der Waals surface area contributed by atoms with Gasteiger partial charge in [-0.15, -0.1) is 30.4 Å². The first-order valence-electron chi connectivity index (χ1n) is 6.14. The van der Waals surface area contributed by atoms with Gasteiger partial charge in [-0.25, -0.2) is 4.39 Å². The van der Waals surface area contributed by atoms with Crippen molar-refractivity contribution in [3.8, 4) is 18.1 Å². The molecule has 0 radical (unpaired) electrons. The Morgan fingerprint density at radius 3 is 3.00 bits per heavy atom. The van der Waals surface area contributed by atoms with Crippen LogP contribution in [-0.2, 0) is 17.9 Å². The predicted octanol–water partition coefficient (Wildman–Crippen LogP) is 1.61. The SMILES string of the molecule is C#CCNC(=NC)NCc1cc(F)cc2c1OCOC2.I. The summed E-state index contributed by atoms with van der Waals surface area (Å²) in [7, 11) is 1.64. The summed E-state index contributed by atoms with van der Waals surface area (Å²) >= 11 is 0. The van der Waals surface area contributed by atoms with Crippen molar-refractivity contribution in [2.24, 2.45) is 4.99 Å². The predicted molar refractivity (Wildman–Crippen MR) is 89.1 cm³/mol. The fourth-order valence-electron chi connectivity index (χ4n) is 1.92. The van der Waals surface area contributed by atoms with Crippen LogP contribution in [0.15, 0.2) is 17.1 Å². The third kappa shape index (κ3) is 4.75. The molecule has 21 heavy (non-hydrogen) atoms. The number of hydrogen-bond donors (Lipinski definition) is 2. The van der Waals surface area contributed by atoms with Crippen LogP contribution in [-0.4, -0.2) is 26.3 Å². The Hall–Kier alpha value is -1.53. The molecule has 2 N–H and O–H groups in total. The Balaban J connectivity index is 0.00000220. The van der Waals surface area contributed by atoms with Crippen LogP contribution in [0, 0.1) is 18.2 Å². The number of rotatable bonds is 3. The monoisotopic (exact) mass is 405 g/mol. The van der Waals surface area contributed by atoms with Crippen molar-refractivity contribution >= 4 is 29.9 Å². The second-order valence-electron chi connectivity index (χ2n) is 4.15. The van der Waals surface area contributed by atoms with Crippen LogP contribution in [0.2, 0.25) is 0 Å². The zero-order valence-corrected chi connectivity index (χ0v) is 13.9. The van der Waals surface area contributed by atoms with E-state index >= 15 is 0 Å². The van der Waals surface area contributed by atoms with Gasteiger partial charge < -0.3 is 20.1 Å². The van der Waals surface area contributed by atoms with Crippen LogP contribution < -0.4 is 15.4 Å². The summed E-state index contributed by atoms with van der Waals surface area (Å²) in [6.45, 7) is 1.27. The highest BCUT2D eigenvalue weighted by Gasteiger charge is 2.16. The second-order valence-corrected chi connectivity index (χ2v) is 4.15. The average Bonchev–Trinajstić information content (AvgIpc) is 2.47. The van der Waals surface area contributed by atoms with Crippen molar-refractivity contribution in [1.82, 2.24) is 10.6 Å². The molecule has 0 fully saturated rings. The lowest BCUT2D eigenvalue weighted by Crippen LogP contribution is -2.37. The van der Waals surface area contributed by atoms with E-state index in [9.17, 15) is 4.39 Å². The van der Waals surface area contributed by atoms with Crippen molar-refractivity contribution in [2.75, 3.05) is 20.4 Å². The summed E-state index contributed by atoms with van der Waals surface area (Å²) < 4.78 is 24.1. The van der Waals surface area contributed by atoms with Gasteiger partial charge in [0, 0.05) is 24.7 Å². The Bertz CT molecular complexity index is 558. The lowest BCUT2D eigenvalue weighted by molar-refractivity contribution is -0.0172. The van der Waals surface area contributed by atoms with Crippen LogP contribution in [0.4, 0.5) is 4.39 Å². The fourth-order valence-corrected chi connectivity index (χ4v) is 1.92. The lowest BCUT2D eigenvalue weighted by atomic mass is 10.1. The van der Waals surface area contributed by atoms with E-state index in [1.165, 1.54) is 12.1 Å². The summed E-state index contributed by atoms with van der Waals surface area (Å²) in [5.74, 6) is 3.35. The van der Waals surface area contributed by atoms with Gasteiger partial charge in [0.2, 0.25) is 0 Å². The summed E-state index contributed by atoms with van der Waals surface area (Å²) in [6.07, 6.45) is 5.17. The maximum atomic E-state index is 13.6. The van der Waals surface area contributed by atoms with Crippen LogP contribution in [0.3, 0.4) is 0 Å². The molecule has 5 nitrogen and oxygen atoms in total. The molecule has 1 aromatic rings. The van der Waals surface area contributed by atoms with Gasteiger partial charge in [-0.3, -0.25) is 4.99 Å². The molecule has 0 unspecified atom stereocenters.